The van der Waals surface area contributed by atoms with E-state index >= 15 is 0 Å². The molecule has 0 radical (unpaired) electrons. The Hall–Kier alpha value is -1.38. The SMILES string of the molecule is CCc1c(O)cc(N)c(O)c1CC. The number of hydrogen-bond acceptors (Lipinski definition) is 3. The van der Waals surface area contributed by atoms with Crippen LogP contribution < -0.4 is 5.73 Å². The van der Waals surface area contributed by atoms with E-state index in [-0.39, 0.29) is 17.2 Å². The Morgan fingerprint density at radius 2 is 1.69 bits per heavy atom. The first-order chi connectivity index (χ1) is 6.11. The molecule has 0 saturated carbocycles. The first kappa shape index (κ1) is 9.71. The lowest BCUT2D eigenvalue weighted by Crippen LogP contribution is -1.96. The number of phenols is 2. The fourth-order valence-corrected chi connectivity index (χ4v) is 1.55. The summed E-state index contributed by atoms with van der Waals surface area (Å²) < 4.78 is 0. The quantitative estimate of drug-likeness (QED) is 0.370. The van der Waals surface area contributed by atoms with Gasteiger partial charge in [-0.15, -0.1) is 0 Å². The van der Waals surface area contributed by atoms with E-state index in [4.69, 9.17) is 5.73 Å². The molecular weight excluding hydrogens is 166 g/mol. The molecular formula is C10H15NO2. The van der Waals surface area contributed by atoms with Crippen molar-refractivity contribution in [3.8, 4) is 11.5 Å². The number of anilines is 1. The van der Waals surface area contributed by atoms with Crippen molar-refractivity contribution >= 4 is 5.69 Å². The van der Waals surface area contributed by atoms with Crippen molar-refractivity contribution in [3.63, 3.8) is 0 Å². The Kier molecular flexibility index (Phi) is 2.66. The first-order valence-corrected chi connectivity index (χ1v) is 4.43. The smallest absolute Gasteiger partial charge is 0.142 e. The van der Waals surface area contributed by atoms with E-state index < -0.39 is 0 Å². The summed E-state index contributed by atoms with van der Waals surface area (Å²) in [5.41, 5.74) is 7.29. The highest BCUT2D eigenvalue weighted by Gasteiger charge is 2.12. The van der Waals surface area contributed by atoms with E-state index in [1.165, 1.54) is 6.07 Å². The highest BCUT2D eigenvalue weighted by Crippen LogP contribution is 2.35. The Morgan fingerprint density at radius 1 is 1.15 bits per heavy atom. The van der Waals surface area contributed by atoms with Crippen LogP contribution >= 0.6 is 0 Å². The van der Waals surface area contributed by atoms with Gasteiger partial charge in [0.05, 0.1) is 5.69 Å². The standard InChI is InChI=1S/C10H15NO2/c1-3-6-7(4-2)10(13)8(11)5-9(6)12/h5,12-13H,3-4,11H2,1-2H3. The molecule has 0 amide bonds. The molecule has 3 nitrogen and oxygen atoms in total. The molecule has 1 aromatic carbocycles. The van der Waals surface area contributed by atoms with Gasteiger partial charge in [-0.3, -0.25) is 0 Å². The molecule has 0 aliphatic carbocycles. The maximum atomic E-state index is 9.60. The van der Waals surface area contributed by atoms with Crippen molar-refractivity contribution in [2.45, 2.75) is 26.7 Å². The van der Waals surface area contributed by atoms with Crippen LogP contribution in [0.3, 0.4) is 0 Å². The number of hydrogen-bond donors (Lipinski definition) is 3. The molecule has 1 rings (SSSR count). The highest BCUT2D eigenvalue weighted by molar-refractivity contribution is 5.63. The van der Waals surface area contributed by atoms with Gasteiger partial charge in [-0.1, -0.05) is 13.8 Å². The average Bonchev–Trinajstić information content (AvgIpc) is 2.10. The Bertz CT molecular complexity index is 321. The number of nitrogen functional groups attached to an aromatic ring is 1. The van der Waals surface area contributed by atoms with Gasteiger partial charge in [-0.2, -0.15) is 0 Å². The number of rotatable bonds is 2. The van der Waals surface area contributed by atoms with E-state index in [1.54, 1.807) is 0 Å². The molecule has 0 atom stereocenters. The molecule has 1 aromatic rings. The van der Waals surface area contributed by atoms with E-state index in [0.717, 1.165) is 11.1 Å². The van der Waals surface area contributed by atoms with E-state index in [2.05, 4.69) is 0 Å². The van der Waals surface area contributed by atoms with Crippen LogP contribution in [-0.4, -0.2) is 10.2 Å². The average molecular weight is 181 g/mol. The van der Waals surface area contributed by atoms with E-state index in [0.29, 0.717) is 12.8 Å². The molecule has 0 heterocycles. The molecule has 0 saturated heterocycles. The van der Waals surface area contributed by atoms with Gasteiger partial charge in [0.1, 0.15) is 11.5 Å². The fraction of sp³-hybridized carbons (Fsp3) is 0.400. The van der Waals surface area contributed by atoms with Crippen molar-refractivity contribution in [2.75, 3.05) is 5.73 Å². The van der Waals surface area contributed by atoms with Gasteiger partial charge in [-0.25, -0.2) is 0 Å². The molecule has 0 unspecified atom stereocenters. The lowest BCUT2D eigenvalue weighted by atomic mass is 10.00. The van der Waals surface area contributed by atoms with Crippen LogP contribution in [0.4, 0.5) is 5.69 Å². The van der Waals surface area contributed by atoms with Crippen molar-refractivity contribution in [1.29, 1.82) is 0 Å². The predicted molar refractivity (Wildman–Crippen MR) is 52.9 cm³/mol. The number of phenolic OH excluding ortho intramolecular Hbond substituents is 2. The largest absolute Gasteiger partial charge is 0.508 e. The third-order valence-electron chi connectivity index (χ3n) is 2.23. The van der Waals surface area contributed by atoms with Gasteiger partial charge >= 0.3 is 0 Å². The Morgan fingerprint density at radius 3 is 2.15 bits per heavy atom. The number of nitrogens with two attached hydrogens (primary N) is 1. The number of aromatic hydroxyl groups is 2. The summed E-state index contributed by atoms with van der Waals surface area (Å²) in [6.07, 6.45) is 1.37. The molecule has 0 aliphatic heterocycles. The van der Waals surface area contributed by atoms with E-state index in [1.807, 2.05) is 13.8 Å². The Balaban J connectivity index is 3.41. The third kappa shape index (κ3) is 1.54. The summed E-state index contributed by atoms with van der Waals surface area (Å²) in [6.45, 7) is 3.86. The second-order valence-corrected chi connectivity index (χ2v) is 3.00. The van der Waals surface area contributed by atoms with Gasteiger partial charge in [0.2, 0.25) is 0 Å². The zero-order valence-corrected chi connectivity index (χ0v) is 7.96. The summed E-state index contributed by atoms with van der Waals surface area (Å²) in [4.78, 5) is 0. The summed E-state index contributed by atoms with van der Waals surface area (Å²) >= 11 is 0. The van der Waals surface area contributed by atoms with Gasteiger partial charge in [0, 0.05) is 17.2 Å². The van der Waals surface area contributed by atoms with Crippen molar-refractivity contribution < 1.29 is 10.2 Å². The van der Waals surface area contributed by atoms with Crippen LogP contribution in [0, 0.1) is 0 Å². The molecule has 0 bridgehead atoms. The zero-order chi connectivity index (χ0) is 10.0. The monoisotopic (exact) mass is 181 g/mol. The molecule has 0 aliphatic rings. The maximum Gasteiger partial charge on any atom is 0.142 e. The number of benzene rings is 1. The van der Waals surface area contributed by atoms with Crippen molar-refractivity contribution in [1.82, 2.24) is 0 Å². The van der Waals surface area contributed by atoms with Crippen LogP contribution in [0.5, 0.6) is 11.5 Å². The minimum absolute atomic E-state index is 0.108. The second kappa shape index (κ2) is 3.56. The summed E-state index contributed by atoms with van der Waals surface area (Å²) in [5.74, 6) is 0.284. The van der Waals surface area contributed by atoms with Crippen molar-refractivity contribution in [3.05, 3.63) is 17.2 Å². The second-order valence-electron chi connectivity index (χ2n) is 3.00. The van der Waals surface area contributed by atoms with Gasteiger partial charge in [-0.05, 0) is 12.8 Å². The predicted octanol–water partition coefficient (Wildman–Crippen LogP) is 1.80. The third-order valence-corrected chi connectivity index (χ3v) is 2.23. The lowest BCUT2D eigenvalue weighted by Gasteiger charge is -2.12. The fourth-order valence-electron chi connectivity index (χ4n) is 1.55. The van der Waals surface area contributed by atoms with Gasteiger partial charge in [0.25, 0.3) is 0 Å². The molecule has 0 fully saturated rings. The molecule has 0 spiro atoms. The normalized spacial score (nSPS) is 10.3. The van der Waals surface area contributed by atoms with Crippen LogP contribution in [0.2, 0.25) is 0 Å². The molecule has 0 aromatic heterocycles. The summed E-state index contributed by atoms with van der Waals surface area (Å²) in [7, 11) is 0. The minimum Gasteiger partial charge on any atom is -0.508 e. The van der Waals surface area contributed by atoms with Crippen LogP contribution in [0.1, 0.15) is 25.0 Å². The zero-order valence-electron chi connectivity index (χ0n) is 7.96. The minimum atomic E-state index is 0.108. The molecule has 4 N–H and O–H groups in total. The highest BCUT2D eigenvalue weighted by atomic mass is 16.3. The van der Waals surface area contributed by atoms with Crippen molar-refractivity contribution in [2.24, 2.45) is 0 Å². The summed E-state index contributed by atoms with van der Waals surface area (Å²) in [6, 6.07) is 1.40. The van der Waals surface area contributed by atoms with E-state index in [9.17, 15) is 10.2 Å². The van der Waals surface area contributed by atoms with Gasteiger partial charge in [0.15, 0.2) is 0 Å². The first-order valence-electron chi connectivity index (χ1n) is 4.43. The van der Waals surface area contributed by atoms with Crippen LogP contribution in [0.15, 0.2) is 6.07 Å². The Labute approximate surface area is 77.8 Å². The van der Waals surface area contributed by atoms with Gasteiger partial charge < -0.3 is 15.9 Å². The molecule has 3 heteroatoms. The molecule has 72 valence electrons. The topological polar surface area (TPSA) is 66.5 Å². The van der Waals surface area contributed by atoms with Crippen LogP contribution in [-0.2, 0) is 12.8 Å². The lowest BCUT2D eigenvalue weighted by molar-refractivity contribution is 0.451. The van der Waals surface area contributed by atoms with Crippen LogP contribution in [0.25, 0.3) is 0 Å². The summed E-state index contributed by atoms with van der Waals surface area (Å²) in [5, 5.41) is 19.1. The molecule has 13 heavy (non-hydrogen) atoms. The maximum absolute atomic E-state index is 9.60.